The molecule has 2 aromatic rings. The van der Waals surface area contributed by atoms with E-state index in [9.17, 15) is 0 Å². The molecule has 0 radical (unpaired) electrons. The van der Waals surface area contributed by atoms with Crippen molar-refractivity contribution < 1.29 is 0 Å². The first-order chi connectivity index (χ1) is 7.70. The summed E-state index contributed by atoms with van der Waals surface area (Å²) in [5.41, 5.74) is 9.35. The predicted molar refractivity (Wildman–Crippen MR) is 66.0 cm³/mol. The fourth-order valence-electron chi connectivity index (χ4n) is 1.60. The molecule has 0 aliphatic heterocycles. The average molecular weight is 215 g/mol. The van der Waals surface area contributed by atoms with E-state index in [-0.39, 0.29) is 6.04 Å². The molecule has 0 spiro atoms. The molecule has 1 unspecified atom stereocenters. The predicted octanol–water partition coefficient (Wildman–Crippen LogP) is 2.79. The smallest absolute Gasteiger partial charge is 0.123 e. The van der Waals surface area contributed by atoms with Crippen LogP contribution in [0.2, 0.25) is 0 Å². The van der Waals surface area contributed by atoms with Gasteiger partial charge in [0.25, 0.3) is 0 Å². The van der Waals surface area contributed by atoms with Crippen LogP contribution in [0.3, 0.4) is 0 Å². The van der Waals surface area contributed by atoms with Crippen molar-refractivity contribution >= 4 is 0 Å². The second-order valence-electron chi connectivity index (χ2n) is 4.06. The quantitative estimate of drug-likeness (QED) is 0.827. The van der Waals surface area contributed by atoms with Crippen LogP contribution in [0.4, 0.5) is 0 Å². The summed E-state index contributed by atoms with van der Waals surface area (Å²) < 4.78 is 0. The first-order valence-electron chi connectivity index (χ1n) is 5.58. The van der Waals surface area contributed by atoms with Gasteiger partial charge in [0, 0.05) is 0 Å². The van der Waals surface area contributed by atoms with Gasteiger partial charge in [-0.1, -0.05) is 36.8 Å². The van der Waals surface area contributed by atoms with Crippen molar-refractivity contribution in [3.8, 4) is 11.3 Å². The van der Waals surface area contributed by atoms with Gasteiger partial charge in [-0.2, -0.15) is 0 Å². The Morgan fingerprint density at radius 2 is 2.00 bits per heavy atom. The van der Waals surface area contributed by atoms with Gasteiger partial charge in [0.05, 0.1) is 17.9 Å². The fraction of sp³-hybridized carbons (Fsp3) is 0.308. The van der Waals surface area contributed by atoms with E-state index in [0.717, 1.165) is 23.5 Å². The summed E-state index contributed by atoms with van der Waals surface area (Å²) in [6, 6.07) is 8.36. The molecule has 0 saturated carbocycles. The van der Waals surface area contributed by atoms with Crippen molar-refractivity contribution in [2.24, 2.45) is 5.73 Å². The number of imidazole rings is 1. The minimum Gasteiger partial charge on any atom is -0.341 e. The largest absolute Gasteiger partial charge is 0.341 e. The second kappa shape index (κ2) is 4.49. The Bertz CT molecular complexity index is 456. The van der Waals surface area contributed by atoms with Gasteiger partial charge < -0.3 is 10.7 Å². The number of nitrogens with zero attached hydrogens (tertiary/aromatic N) is 1. The molecule has 2 rings (SSSR count). The third-order valence-electron chi connectivity index (χ3n) is 2.75. The third kappa shape index (κ3) is 2.14. The first kappa shape index (κ1) is 10.9. The van der Waals surface area contributed by atoms with E-state index >= 15 is 0 Å². The Morgan fingerprint density at radius 3 is 2.62 bits per heavy atom. The van der Waals surface area contributed by atoms with E-state index in [1.54, 1.807) is 0 Å². The molecule has 3 N–H and O–H groups in total. The topological polar surface area (TPSA) is 54.7 Å². The molecule has 0 saturated heterocycles. The summed E-state index contributed by atoms with van der Waals surface area (Å²) in [6.07, 6.45) is 2.73. The molecular weight excluding hydrogens is 198 g/mol. The van der Waals surface area contributed by atoms with Crippen LogP contribution in [-0.2, 0) is 0 Å². The monoisotopic (exact) mass is 215 g/mol. The van der Waals surface area contributed by atoms with Crippen LogP contribution in [0, 0.1) is 6.92 Å². The summed E-state index contributed by atoms with van der Waals surface area (Å²) >= 11 is 0. The molecule has 3 nitrogen and oxygen atoms in total. The van der Waals surface area contributed by atoms with Gasteiger partial charge in [-0.3, -0.25) is 0 Å². The van der Waals surface area contributed by atoms with Crippen molar-refractivity contribution in [3.63, 3.8) is 0 Å². The highest BCUT2D eigenvalue weighted by molar-refractivity contribution is 5.58. The van der Waals surface area contributed by atoms with Crippen LogP contribution < -0.4 is 5.73 Å². The summed E-state index contributed by atoms with van der Waals surface area (Å²) in [5, 5.41) is 0. The summed E-state index contributed by atoms with van der Waals surface area (Å²) in [4.78, 5) is 7.57. The van der Waals surface area contributed by atoms with Crippen LogP contribution in [-0.4, -0.2) is 9.97 Å². The van der Waals surface area contributed by atoms with Gasteiger partial charge in [-0.15, -0.1) is 0 Å². The van der Waals surface area contributed by atoms with E-state index < -0.39 is 0 Å². The van der Waals surface area contributed by atoms with Gasteiger partial charge in [-0.25, -0.2) is 4.98 Å². The Kier molecular flexibility index (Phi) is 3.06. The SMILES string of the molecule is CCC(N)c1ncc(-c2ccc(C)cc2)[nH]1. The Labute approximate surface area is 95.7 Å². The molecule has 0 amide bonds. The summed E-state index contributed by atoms with van der Waals surface area (Å²) in [5.74, 6) is 0.859. The number of aromatic amines is 1. The van der Waals surface area contributed by atoms with Gasteiger partial charge in [0.15, 0.2) is 0 Å². The molecule has 0 aliphatic carbocycles. The van der Waals surface area contributed by atoms with Crippen LogP contribution >= 0.6 is 0 Å². The zero-order chi connectivity index (χ0) is 11.5. The summed E-state index contributed by atoms with van der Waals surface area (Å²) in [6.45, 7) is 4.13. The highest BCUT2D eigenvalue weighted by Gasteiger charge is 2.08. The maximum Gasteiger partial charge on any atom is 0.123 e. The van der Waals surface area contributed by atoms with Crippen molar-refractivity contribution in [1.82, 2.24) is 9.97 Å². The lowest BCUT2D eigenvalue weighted by atomic mass is 10.1. The number of benzene rings is 1. The van der Waals surface area contributed by atoms with Gasteiger partial charge in [0.1, 0.15) is 5.82 Å². The fourth-order valence-corrected chi connectivity index (χ4v) is 1.60. The van der Waals surface area contributed by atoms with Crippen molar-refractivity contribution in [2.45, 2.75) is 26.3 Å². The van der Waals surface area contributed by atoms with E-state index in [2.05, 4.69) is 48.1 Å². The Morgan fingerprint density at radius 1 is 1.31 bits per heavy atom. The molecule has 0 fully saturated rings. The van der Waals surface area contributed by atoms with Crippen LogP contribution in [0.1, 0.15) is 30.8 Å². The Balaban J connectivity index is 2.28. The van der Waals surface area contributed by atoms with Crippen LogP contribution in [0.25, 0.3) is 11.3 Å². The van der Waals surface area contributed by atoms with Gasteiger partial charge in [0.2, 0.25) is 0 Å². The Hall–Kier alpha value is -1.61. The lowest BCUT2D eigenvalue weighted by Gasteiger charge is -2.03. The zero-order valence-electron chi connectivity index (χ0n) is 9.70. The third-order valence-corrected chi connectivity index (χ3v) is 2.75. The normalized spacial score (nSPS) is 12.7. The van der Waals surface area contributed by atoms with Gasteiger partial charge >= 0.3 is 0 Å². The number of nitrogens with two attached hydrogens (primary N) is 1. The standard InChI is InChI=1S/C13H17N3/c1-3-11(14)13-15-8-12(16-13)10-6-4-9(2)5-7-10/h4-8,11H,3,14H2,1-2H3,(H,15,16). The highest BCUT2D eigenvalue weighted by atomic mass is 15.0. The van der Waals surface area contributed by atoms with Crippen LogP contribution in [0.15, 0.2) is 30.5 Å². The average Bonchev–Trinajstić information content (AvgIpc) is 2.78. The number of aromatic nitrogens is 2. The molecule has 16 heavy (non-hydrogen) atoms. The molecule has 1 atom stereocenters. The molecular formula is C13H17N3. The summed E-state index contributed by atoms with van der Waals surface area (Å²) in [7, 11) is 0. The van der Waals surface area contributed by atoms with Crippen molar-refractivity contribution in [3.05, 3.63) is 41.9 Å². The van der Waals surface area contributed by atoms with E-state index in [4.69, 9.17) is 5.73 Å². The number of H-pyrrole nitrogens is 1. The molecule has 1 aromatic heterocycles. The van der Waals surface area contributed by atoms with E-state index in [1.807, 2.05) is 6.20 Å². The number of hydrogen-bond donors (Lipinski definition) is 2. The highest BCUT2D eigenvalue weighted by Crippen LogP contribution is 2.19. The maximum atomic E-state index is 5.92. The first-order valence-corrected chi connectivity index (χ1v) is 5.58. The molecule has 0 bridgehead atoms. The molecule has 0 aliphatic rings. The van der Waals surface area contributed by atoms with E-state index in [1.165, 1.54) is 5.56 Å². The number of rotatable bonds is 3. The number of nitrogens with one attached hydrogen (secondary N) is 1. The number of hydrogen-bond acceptors (Lipinski definition) is 2. The molecule has 3 heteroatoms. The van der Waals surface area contributed by atoms with Crippen molar-refractivity contribution in [2.75, 3.05) is 0 Å². The van der Waals surface area contributed by atoms with Crippen LogP contribution in [0.5, 0.6) is 0 Å². The minimum atomic E-state index is -0.000742. The number of aryl methyl sites for hydroxylation is 1. The van der Waals surface area contributed by atoms with E-state index in [0.29, 0.717) is 0 Å². The lowest BCUT2D eigenvalue weighted by Crippen LogP contribution is -2.10. The zero-order valence-corrected chi connectivity index (χ0v) is 9.70. The molecule has 1 heterocycles. The maximum absolute atomic E-state index is 5.92. The van der Waals surface area contributed by atoms with Crippen molar-refractivity contribution in [1.29, 1.82) is 0 Å². The molecule has 1 aromatic carbocycles. The molecule has 84 valence electrons. The minimum absolute atomic E-state index is 0.000742. The lowest BCUT2D eigenvalue weighted by molar-refractivity contribution is 0.658. The second-order valence-corrected chi connectivity index (χ2v) is 4.06. The van der Waals surface area contributed by atoms with Gasteiger partial charge in [-0.05, 0) is 18.9 Å².